The zero-order valence-corrected chi connectivity index (χ0v) is 14.8. The first-order valence-electron chi connectivity index (χ1n) is 8.55. The van der Waals surface area contributed by atoms with Gasteiger partial charge in [0.1, 0.15) is 0 Å². The molecule has 0 aliphatic carbocycles. The average Bonchev–Trinajstić information content (AvgIpc) is 2.63. The van der Waals surface area contributed by atoms with Gasteiger partial charge < -0.3 is 15.6 Å². The van der Waals surface area contributed by atoms with Gasteiger partial charge in [-0.1, -0.05) is 18.2 Å². The summed E-state index contributed by atoms with van der Waals surface area (Å²) in [7, 11) is 0. The Balaban J connectivity index is 1.57. The van der Waals surface area contributed by atoms with Gasteiger partial charge in [0.05, 0.1) is 0 Å². The van der Waals surface area contributed by atoms with Crippen LogP contribution in [0.1, 0.15) is 17.7 Å². The minimum Gasteiger partial charge on any atom is -0.356 e. The van der Waals surface area contributed by atoms with Gasteiger partial charge in [-0.15, -0.1) is 0 Å². The SMILES string of the molecule is Cc1[nH]c(=O)[nH]c(=O)c1CCC(=O)Nc1ccc(Nc2ccccc2)cc1. The van der Waals surface area contributed by atoms with Crippen molar-refractivity contribution < 1.29 is 4.79 Å². The first-order valence-corrected chi connectivity index (χ1v) is 8.55. The van der Waals surface area contributed by atoms with Crippen LogP contribution >= 0.6 is 0 Å². The van der Waals surface area contributed by atoms with Crippen LogP contribution in [0.4, 0.5) is 17.1 Å². The molecule has 0 saturated heterocycles. The molecule has 0 atom stereocenters. The van der Waals surface area contributed by atoms with Crippen molar-refractivity contribution in [3.8, 4) is 0 Å². The average molecular weight is 364 g/mol. The third-order valence-corrected chi connectivity index (χ3v) is 4.09. The van der Waals surface area contributed by atoms with Gasteiger partial charge >= 0.3 is 5.69 Å². The van der Waals surface area contributed by atoms with Gasteiger partial charge in [-0.05, 0) is 49.7 Å². The Kier molecular flexibility index (Phi) is 5.51. The van der Waals surface area contributed by atoms with Crippen molar-refractivity contribution in [3.63, 3.8) is 0 Å². The molecule has 0 aliphatic rings. The highest BCUT2D eigenvalue weighted by Crippen LogP contribution is 2.18. The molecule has 0 fully saturated rings. The van der Waals surface area contributed by atoms with Crippen molar-refractivity contribution in [1.82, 2.24) is 9.97 Å². The third kappa shape index (κ3) is 4.94. The van der Waals surface area contributed by atoms with E-state index in [1.807, 2.05) is 42.5 Å². The normalized spacial score (nSPS) is 10.4. The molecule has 1 heterocycles. The maximum Gasteiger partial charge on any atom is 0.325 e. The molecule has 1 amide bonds. The predicted octanol–water partition coefficient (Wildman–Crippen LogP) is 2.69. The molecule has 7 nitrogen and oxygen atoms in total. The zero-order valence-electron chi connectivity index (χ0n) is 14.8. The molecule has 138 valence electrons. The fraction of sp³-hybridized carbons (Fsp3) is 0.150. The maximum atomic E-state index is 12.1. The molecule has 0 saturated carbocycles. The molecule has 3 aromatic rings. The van der Waals surface area contributed by atoms with E-state index in [2.05, 4.69) is 20.6 Å². The van der Waals surface area contributed by atoms with E-state index in [9.17, 15) is 14.4 Å². The summed E-state index contributed by atoms with van der Waals surface area (Å²) in [5.41, 5.74) is 2.45. The van der Waals surface area contributed by atoms with Crippen LogP contribution in [0.5, 0.6) is 0 Å². The molecule has 0 spiro atoms. The molecule has 3 rings (SSSR count). The number of amides is 1. The number of carbonyl (C=O) groups excluding carboxylic acids is 1. The van der Waals surface area contributed by atoms with Crippen molar-refractivity contribution in [3.05, 3.63) is 86.7 Å². The van der Waals surface area contributed by atoms with Crippen LogP contribution in [0.25, 0.3) is 0 Å². The molecule has 4 N–H and O–H groups in total. The van der Waals surface area contributed by atoms with E-state index in [4.69, 9.17) is 0 Å². The van der Waals surface area contributed by atoms with Crippen LogP contribution in [-0.4, -0.2) is 15.9 Å². The Hall–Kier alpha value is -3.61. The summed E-state index contributed by atoms with van der Waals surface area (Å²) >= 11 is 0. The number of hydrogen-bond acceptors (Lipinski definition) is 4. The third-order valence-electron chi connectivity index (χ3n) is 4.09. The monoisotopic (exact) mass is 364 g/mol. The van der Waals surface area contributed by atoms with Gasteiger partial charge in [0.2, 0.25) is 5.91 Å². The van der Waals surface area contributed by atoms with Crippen molar-refractivity contribution in [2.75, 3.05) is 10.6 Å². The smallest absolute Gasteiger partial charge is 0.325 e. The summed E-state index contributed by atoms with van der Waals surface area (Å²) in [6.45, 7) is 1.64. The number of benzene rings is 2. The number of H-pyrrole nitrogens is 2. The largest absolute Gasteiger partial charge is 0.356 e. The van der Waals surface area contributed by atoms with Gasteiger partial charge in [-0.2, -0.15) is 0 Å². The number of carbonyl (C=O) groups is 1. The van der Waals surface area contributed by atoms with Crippen LogP contribution in [0.3, 0.4) is 0 Å². The van der Waals surface area contributed by atoms with Gasteiger partial charge in [0.25, 0.3) is 5.56 Å². The lowest BCUT2D eigenvalue weighted by Crippen LogP contribution is -2.27. The summed E-state index contributed by atoms with van der Waals surface area (Å²) < 4.78 is 0. The van der Waals surface area contributed by atoms with E-state index in [0.717, 1.165) is 11.4 Å². The van der Waals surface area contributed by atoms with Crippen molar-refractivity contribution >= 4 is 23.0 Å². The van der Waals surface area contributed by atoms with E-state index in [0.29, 0.717) is 16.9 Å². The Bertz CT molecular complexity index is 1040. The van der Waals surface area contributed by atoms with Gasteiger partial charge in [0.15, 0.2) is 0 Å². The fourth-order valence-corrected chi connectivity index (χ4v) is 2.71. The lowest BCUT2D eigenvalue weighted by molar-refractivity contribution is -0.116. The lowest BCUT2D eigenvalue weighted by atomic mass is 10.1. The lowest BCUT2D eigenvalue weighted by Gasteiger charge is -2.09. The van der Waals surface area contributed by atoms with E-state index in [1.165, 1.54) is 0 Å². The number of nitrogens with one attached hydrogen (secondary N) is 4. The second kappa shape index (κ2) is 8.18. The Morgan fingerprint density at radius 2 is 1.52 bits per heavy atom. The van der Waals surface area contributed by atoms with Crippen molar-refractivity contribution in [2.24, 2.45) is 0 Å². The number of aromatic amines is 2. The number of hydrogen-bond donors (Lipinski definition) is 4. The molecule has 0 bridgehead atoms. The van der Waals surface area contributed by atoms with E-state index >= 15 is 0 Å². The molecule has 0 aliphatic heterocycles. The molecule has 2 aromatic carbocycles. The second-order valence-electron chi connectivity index (χ2n) is 6.13. The van der Waals surface area contributed by atoms with E-state index in [1.54, 1.807) is 19.1 Å². The minimum atomic E-state index is -0.546. The van der Waals surface area contributed by atoms with Gasteiger partial charge in [-0.3, -0.25) is 14.6 Å². The molecular weight excluding hydrogens is 344 g/mol. The number of aryl methyl sites for hydroxylation is 1. The molecular formula is C20H20N4O3. The molecule has 1 aromatic heterocycles. The Morgan fingerprint density at radius 1 is 0.889 bits per heavy atom. The van der Waals surface area contributed by atoms with Crippen LogP contribution < -0.4 is 21.9 Å². The summed E-state index contributed by atoms with van der Waals surface area (Å²) in [5, 5.41) is 6.07. The standard InChI is InChI=1S/C20H20N4O3/c1-13-17(19(26)24-20(27)21-13)11-12-18(25)23-16-9-7-15(8-10-16)22-14-5-3-2-4-6-14/h2-10,22H,11-12H2,1H3,(H,23,25)(H2,21,24,26,27). The summed E-state index contributed by atoms with van der Waals surface area (Å²) in [5.74, 6) is -0.205. The van der Waals surface area contributed by atoms with Crippen molar-refractivity contribution in [2.45, 2.75) is 19.8 Å². The Labute approximate surface area is 155 Å². The topological polar surface area (TPSA) is 107 Å². The van der Waals surface area contributed by atoms with Crippen LogP contribution in [0, 0.1) is 6.92 Å². The first-order chi connectivity index (χ1) is 13.0. The summed E-state index contributed by atoms with van der Waals surface area (Å²) in [4.78, 5) is 39.8. The summed E-state index contributed by atoms with van der Waals surface area (Å²) in [6, 6.07) is 17.2. The highest BCUT2D eigenvalue weighted by molar-refractivity contribution is 5.91. The maximum absolute atomic E-state index is 12.1. The quantitative estimate of drug-likeness (QED) is 0.539. The fourth-order valence-electron chi connectivity index (χ4n) is 2.71. The van der Waals surface area contributed by atoms with E-state index < -0.39 is 11.2 Å². The number of para-hydroxylation sites is 1. The van der Waals surface area contributed by atoms with E-state index in [-0.39, 0.29) is 18.7 Å². The minimum absolute atomic E-state index is 0.139. The molecule has 7 heteroatoms. The molecule has 27 heavy (non-hydrogen) atoms. The Morgan fingerprint density at radius 3 is 2.19 bits per heavy atom. The number of rotatable bonds is 6. The summed E-state index contributed by atoms with van der Waals surface area (Å²) in [6.07, 6.45) is 0.386. The highest BCUT2D eigenvalue weighted by atomic mass is 16.2. The van der Waals surface area contributed by atoms with Crippen LogP contribution in [0.15, 0.2) is 64.2 Å². The van der Waals surface area contributed by atoms with Crippen molar-refractivity contribution in [1.29, 1.82) is 0 Å². The second-order valence-corrected chi connectivity index (χ2v) is 6.13. The molecule has 0 radical (unpaired) electrons. The predicted molar refractivity (Wildman–Crippen MR) is 106 cm³/mol. The van der Waals surface area contributed by atoms with Crippen LogP contribution in [-0.2, 0) is 11.2 Å². The number of anilines is 3. The zero-order chi connectivity index (χ0) is 19.2. The van der Waals surface area contributed by atoms with Crippen LogP contribution in [0.2, 0.25) is 0 Å². The molecule has 0 unspecified atom stereocenters. The van der Waals surface area contributed by atoms with Gasteiger partial charge in [-0.25, -0.2) is 4.79 Å². The number of aromatic nitrogens is 2. The van der Waals surface area contributed by atoms with Gasteiger partial charge in [0, 0.05) is 34.7 Å². The highest BCUT2D eigenvalue weighted by Gasteiger charge is 2.09. The first kappa shape index (κ1) is 18.2.